The lowest BCUT2D eigenvalue weighted by atomic mass is 10.1. The summed E-state index contributed by atoms with van der Waals surface area (Å²) in [6, 6.07) is 18.8. The van der Waals surface area contributed by atoms with E-state index >= 15 is 0 Å². The molecule has 1 fully saturated rings. The lowest BCUT2D eigenvalue weighted by Gasteiger charge is -2.34. The van der Waals surface area contributed by atoms with E-state index in [0.717, 1.165) is 51.4 Å². The van der Waals surface area contributed by atoms with E-state index in [-0.39, 0.29) is 5.78 Å². The van der Waals surface area contributed by atoms with E-state index < -0.39 is 0 Å². The SMILES string of the molecule is CC(=O)CCc1ccc(OCCN2CCN(Cc3ccccc3)CC2)cc1. The molecule has 1 aliphatic rings. The van der Waals surface area contributed by atoms with Crippen LogP contribution in [0, 0.1) is 0 Å². The molecule has 4 nitrogen and oxygen atoms in total. The fraction of sp³-hybridized carbons (Fsp3) is 0.435. The highest BCUT2D eigenvalue weighted by Gasteiger charge is 2.16. The zero-order valence-corrected chi connectivity index (χ0v) is 16.3. The average molecular weight is 367 g/mol. The maximum Gasteiger partial charge on any atom is 0.130 e. The van der Waals surface area contributed by atoms with E-state index in [2.05, 4.69) is 52.3 Å². The van der Waals surface area contributed by atoms with Crippen LogP contribution < -0.4 is 4.74 Å². The first-order valence-electron chi connectivity index (χ1n) is 9.89. The van der Waals surface area contributed by atoms with Gasteiger partial charge in [-0.1, -0.05) is 42.5 Å². The minimum Gasteiger partial charge on any atom is -0.492 e. The first kappa shape index (κ1) is 19.6. The number of rotatable bonds is 9. The van der Waals surface area contributed by atoms with Crippen LogP contribution in [0.5, 0.6) is 5.75 Å². The average Bonchev–Trinajstić information content (AvgIpc) is 2.69. The summed E-state index contributed by atoms with van der Waals surface area (Å²) >= 11 is 0. The maximum absolute atomic E-state index is 11.1. The van der Waals surface area contributed by atoms with Gasteiger partial charge in [0.15, 0.2) is 0 Å². The smallest absolute Gasteiger partial charge is 0.130 e. The predicted octanol–water partition coefficient (Wildman–Crippen LogP) is 3.40. The predicted molar refractivity (Wildman–Crippen MR) is 109 cm³/mol. The second-order valence-electron chi connectivity index (χ2n) is 7.30. The number of Topliss-reactive ketones (excluding diaryl/α,β-unsaturated/α-hetero) is 1. The van der Waals surface area contributed by atoms with Crippen LogP contribution in [0.2, 0.25) is 0 Å². The number of aryl methyl sites for hydroxylation is 1. The summed E-state index contributed by atoms with van der Waals surface area (Å²) in [5.41, 5.74) is 2.58. The summed E-state index contributed by atoms with van der Waals surface area (Å²) < 4.78 is 5.89. The third-order valence-corrected chi connectivity index (χ3v) is 5.08. The van der Waals surface area contributed by atoms with Gasteiger partial charge in [-0.15, -0.1) is 0 Å². The molecule has 4 heteroatoms. The Balaban J connectivity index is 1.32. The van der Waals surface area contributed by atoms with Gasteiger partial charge in [0.05, 0.1) is 0 Å². The number of carbonyl (C=O) groups excluding carboxylic acids is 1. The van der Waals surface area contributed by atoms with Crippen LogP contribution in [-0.2, 0) is 17.8 Å². The van der Waals surface area contributed by atoms with Crippen molar-refractivity contribution in [3.63, 3.8) is 0 Å². The highest BCUT2D eigenvalue weighted by Crippen LogP contribution is 2.14. The van der Waals surface area contributed by atoms with Crippen LogP contribution >= 0.6 is 0 Å². The highest BCUT2D eigenvalue weighted by atomic mass is 16.5. The first-order chi connectivity index (χ1) is 13.2. The highest BCUT2D eigenvalue weighted by molar-refractivity contribution is 5.75. The molecule has 0 atom stereocenters. The summed E-state index contributed by atoms with van der Waals surface area (Å²) in [4.78, 5) is 16.1. The van der Waals surface area contributed by atoms with Gasteiger partial charge in [0.1, 0.15) is 18.1 Å². The molecule has 3 rings (SSSR count). The summed E-state index contributed by atoms with van der Waals surface area (Å²) in [5.74, 6) is 1.14. The third-order valence-electron chi connectivity index (χ3n) is 5.08. The summed E-state index contributed by atoms with van der Waals surface area (Å²) in [6.07, 6.45) is 1.42. The molecule has 1 saturated heterocycles. The quantitative estimate of drug-likeness (QED) is 0.681. The Bertz CT molecular complexity index is 692. The number of benzene rings is 2. The lowest BCUT2D eigenvalue weighted by Crippen LogP contribution is -2.47. The molecule has 1 aliphatic heterocycles. The van der Waals surface area contributed by atoms with Crippen LogP contribution in [0.3, 0.4) is 0 Å². The minimum absolute atomic E-state index is 0.235. The topological polar surface area (TPSA) is 32.8 Å². The number of hydrogen-bond donors (Lipinski definition) is 0. The molecule has 0 aliphatic carbocycles. The van der Waals surface area contributed by atoms with Gasteiger partial charge in [-0.25, -0.2) is 0 Å². The van der Waals surface area contributed by atoms with Gasteiger partial charge in [0, 0.05) is 45.7 Å². The third kappa shape index (κ3) is 6.81. The Labute approximate surface area is 162 Å². The fourth-order valence-corrected chi connectivity index (χ4v) is 3.38. The minimum atomic E-state index is 0.235. The second kappa shape index (κ2) is 10.2. The molecule has 0 saturated carbocycles. The summed E-state index contributed by atoms with van der Waals surface area (Å²) in [5, 5.41) is 0. The number of hydrogen-bond acceptors (Lipinski definition) is 4. The van der Waals surface area contributed by atoms with Gasteiger partial charge in [-0.2, -0.15) is 0 Å². The van der Waals surface area contributed by atoms with Crippen molar-refractivity contribution in [3.05, 3.63) is 65.7 Å². The van der Waals surface area contributed by atoms with Crippen LogP contribution in [0.4, 0.5) is 0 Å². The molecule has 0 spiro atoms. The molecule has 144 valence electrons. The molecule has 2 aromatic carbocycles. The largest absolute Gasteiger partial charge is 0.492 e. The van der Waals surface area contributed by atoms with E-state index in [9.17, 15) is 4.79 Å². The standard InChI is InChI=1S/C23H30N2O2/c1-20(26)7-8-21-9-11-23(12-10-21)27-18-17-24-13-15-25(16-14-24)19-22-5-3-2-4-6-22/h2-6,9-12H,7-8,13-19H2,1H3. The Morgan fingerprint density at radius 3 is 2.22 bits per heavy atom. The lowest BCUT2D eigenvalue weighted by molar-refractivity contribution is -0.116. The van der Waals surface area contributed by atoms with Crippen molar-refractivity contribution in [1.82, 2.24) is 9.80 Å². The van der Waals surface area contributed by atoms with Crippen LogP contribution in [-0.4, -0.2) is 54.9 Å². The number of carbonyl (C=O) groups is 1. The number of ether oxygens (including phenoxy) is 1. The van der Waals surface area contributed by atoms with E-state index in [1.165, 1.54) is 11.1 Å². The van der Waals surface area contributed by atoms with Crippen LogP contribution in [0.25, 0.3) is 0 Å². The molecular formula is C23H30N2O2. The maximum atomic E-state index is 11.1. The van der Waals surface area contributed by atoms with E-state index in [1.807, 2.05) is 12.1 Å². The van der Waals surface area contributed by atoms with Gasteiger partial charge >= 0.3 is 0 Å². The van der Waals surface area contributed by atoms with Gasteiger partial charge in [0.25, 0.3) is 0 Å². The van der Waals surface area contributed by atoms with Crippen molar-refractivity contribution in [2.75, 3.05) is 39.3 Å². The normalized spacial score (nSPS) is 15.6. The van der Waals surface area contributed by atoms with E-state index in [1.54, 1.807) is 6.92 Å². The molecule has 0 amide bonds. The molecule has 0 N–H and O–H groups in total. The first-order valence-corrected chi connectivity index (χ1v) is 9.89. The van der Waals surface area contributed by atoms with Crippen molar-refractivity contribution in [2.24, 2.45) is 0 Å². The summed E-state index contributed by atoms with van der Waals surface area (Å²) in [6.45, 7) is 8.77. The Hall–Kier alpha value is -2.17. The van der Waals surface area contributed by atoms with E-state index in [0.29, 0.717) is 13.0 Å². The molecule has 1 heterocycles. The Morgan fingerprint density at radius 2 is 1.56 bits per heavy atom. The van der Waals surface area contributed by atoms with Crippen LogP contribution in [0.15, 0.2) is 54.6 Å². The Kier molecular flexibility index (Phi) is 7.43. The molecule has 27 heavy (non-hydrogen) atoms. The molecule has 0 bridgehead atoms. The van der Waals surface area contributed by atoms with Crippen molar-refractivity contribution in [2.45, 2.75) is 26.3 Å². The van der Waals surface area contributed by atoms with Gasteiger partial charge < -0.3 is 9.53 Å². The van der Waals surface area contributed by atoms with Crippen LogP contribution in [0.1, 0.15) is 24.5 Å². The summed E-state index contributed by atoms with van der Waals surface area (Å²) in [7, 11) is 0. The van der Waals surface area contributed by atoms with E-state index in [4.69, 9.17) is 4.74 Å². The van der Waals surface area contributed by atoms with Crippen molar-refractivity contribution in [3.8, 4) is 5.75 Å². The van der Waals surface area contributed by atoms with Crippen molar-refractivity contribution in [1.29, 1.82) is 0 Å². The second-order valence-corrected chi connectivity index (χ2v) is 7.30. The number of nitrogens with zero attached hydrogens (tertiary/aromatic N) is 2. The molecular weight excluding hydrogens is 336 g/mol. The van der Waals surface area contributed by atoms with Crippen molar-refractivity contribution >= 4 is 5.78 Å². The van der Waals surface area contributed by atoms with Gasteiger partial charge in [-0.3, -0.25) is 9.80 Å². The zero-order valence-electron chi connectivity index (χ0n) is 16.3. The van der Waals surface area contributed by atoms with Gasteiger partial charge in [-0.05, 0) is 36.6 Å². The monoisotopic (exact) mass is 366 g/mol. The molecule has 0 unspecified atom stereocenters. The number of ketones is 1. The Morgan fingerprint density at radius 1 is 0.889 bits per heavy atom. The number of piperazine rings is 1. The fourth-order valence-electron chi connectivity index (χ4n) is 3.38. The van der Waals surface area contributed by atoms with Crippen molar-refractivity contribution < 1.29 is 9.53 Å². The molecule has 0 aromatic heterocycles. The molecule has 0 radical (unpaired) electrons. The molecule has 2 aromatic rings. The van der Waals surface area contributed by atoms with Gasteiger partial charge in [0.2, 0.25) is 0 Å². The zero-order chi connectivity index (χ0) is 18.9.